The third kappa shape index (κ3) is 2.70. The number of carbonyl (C=O) groups excluding carboxylic acids is 1. The van der Waals surface area contributed by atoms with Crippen LogP contribution in [0, 0.1) is 13.8 Å². The first-order chi connectivity index (χ1) is 9.43. The quantitative estimate of drug-likeness (QED) is 0.936. The fraction of sp³-hybridized carbons (Fsp3) is 0.286. The predicted molar refractivity (Wildman–Crippen MR) is 81.3 cm³/mol. The van der Waals surface area contributed by atoms with Crippen molar-refractivity contribution in [3.63, 3.8) is 0 Å². The largest absolute Gasteiger partial charge is 0.495 e. The van der Waals surface area contributed by atoms with Crippen molar-refractivity contribution in [1.82, 2.24) is 9.78 Å². The fourth-order valence-electron chi connectivity index (χ4n) is 1.83. The second kappa shape index (κ2) is 5.66. The molecule has 1 aromatic carbocycles. The van der Waals surface area contributed by atoms with E-state index in [2.05, 4.69) is 26.3 Å². The van der Waals surface area contributed by atoms with Gasteiger partial charge in [0.25, 0.3) is 5.91 Å². The summed E-state index contributed by atoms with van der Waals surface area (Å²) in [5.41, 5.74) is 2.92. The van der Waals surface area contributed by atoms with Crippen LogP contribution in [0.25, 0.3) is 0 Å². The number of nitrogens with zero attached hydrogens (tertiary/aromatic N) is 2. The van der Waals surface area contributed by atoms with Gasteiger partial charge in [0.15, 0.2) is 5.69 Å². The molecule has 0 saturated carbocycles. The smallest absolute Gasteiger partial charge is 0.277 e. The van der Waals surface area contributed by atoms with E-state index < -0.39 is 0 Å². The maximum absolute atomic E-state index is 12.3. The molecule has 0 atom stereocenters. The Labute approximate surface area is 126 Å². The molecule has 106 valence electrons. The third-order valence-corrected chi connectivity index (χ3v) is 4.03. The molecule has 0 unspecified atom stereocenters. The molecule has 2 aromatic rings. The molecule has 2 rings (SSSR count). The number of hydrogen-bond donors (Lipinski definition) is 1. The lowest BCUT2D eigenvalue weighted by atomic mass is 10.2. The minimum absolute atomic E-state index is 0.274. The molecule has 0 spiro atoms. The molecule has 0 fully saturated rings. The number of carbonyl (C=O) groups is 1. The van der Waals surface area contributed by atoms with Crippen LogP contribution in [0.5, 0.6) is 5.75 Å². The third-order valence-electron chi connectivity index (χ3n) is 3.08. The second-order valence-corrected chi connectivity index (χ2v) is 5.32. The van der Waals surface area contributed by atoms with Crippen LogP contribution in [0.3, 0.4) is 0 Å². The number of benzene rings is 1. The van der Waals surface area contributed by atoms with Crippen molar-refractivity contribution in [3.05, 3.63) is 39.6 Å². The van der Waals surface area contributed by atoms with E-state index in [1.807, 2.05) is 32.0 Å². The zero-order valence-electron chi connectivity index (χ0n) is 11.8. The first-order valence-electron chi connectivity index (χ1n) is 6.09. The summed E-state index contributed by atoms with van der Waals surface area (Å²) in [6.07, 6.45) is 0. The molecule has 0 bridgehead atoms. The Hall–Kier alpha value is -1.82. The number of halogens is 1. The summed E-state index contributed by atoms with van der Waals surface area (Å²) in [7, 11) is 3.37. The zero-order valence-corrected chi connectivity index (χ0v) is 13.4. The van der Waals surface area contributed by atoms with Crippen LogP contribution in [0.15, 0.2) is 22.7 Å². The number of anilines is 1. The van der Waals surface area contributed by atoms with Crippen molar-refractivity contribution in [2.24, 2.45) is 7.05 Å². The van der Waals surface area contributed by atoms with Gasteiger partial charge < -0.3 is 10.1 Å². The highest BCUT2D eigenvalue weighted by atomic mass is 79.9. The number of methoxy groups -OCH3 is 1. The van der Waals surface area contributed by atoms with Crippen molar-refractivity contribution in [3.8, 4) is 5.75 Å². The highest BCUT2D eigenvalue weighted by molar-refractivity contribution is 9.10. The molecule has 0 radical (unpaired) electrons. The molecule has 0 aliphatic carbocycles. The van der Waals surface area contributed by atoms with E-state index in [1.165, 1.54) is 0 Å². The average molecular weight is 338 g/mol. The summed E-state index contributed by atoms with van der Waals surface area (Å²) in [6.45, 7) is 3.84. The summed E-state index contributed by atoms with van der Waals surface area (Å²) in [5.74, 6) is 0.345. The van der Waals surface area contributed by atoms with Gasteiger partial charge in [0.05, 0.1) is 23.0 Å². The van der Waals surface area contributed by atoms with E-state index >= 15 is 0 Å². The van der Waals surface area contributed by atoms with E-state index in [9.17, 15) is 4.79 Å². The SMILES string of the molecule is COc1ccc(C)cc1NC(=O)c1nn(C)c(C)c1Br. The van der Waals surface area contributed by atoms with Gasteiger partial charge >= 0.3 is 0 Å². The van der Waals surface area contributed by atoms with Crippen LogP contribution in [0.1, 0.15) is 21.7 Å². The molecule has 1 N–H and O–H groups in total. The van der Waals surface area contributed by atoms with Crippen molar-refractivity contribution in [2.45, 2.75) is 13.8 Å². The lowest BCUT2D eigenvalue weighted by Crippen LogP contribution is -2.14. The van der Waals surface area contributed by atoms with Gasteiger partial charge in [-0.05, 0) is 47.5 Å². The number of amides is 1. The van der Waals surface area contributed by atoms with Crippen LogP contribution < -0.4 is 10.1 Å². The van der Waals surface area contributed by atoms with Crippen molar-refractivity contribution in [2.75, 3.05) is 12.4 Å². The number of aryl methyl sites for hydroxylation is 2. The van der Waals surface area contributed by atoms with Crippen molar-refractivity contribution in [1.29, 1.82) is 0 Å². The van der Waals surface area contributed by atoms with Gasteiger partial charge in [-0.3, -0.25) is 9.48 Å². The van der Waals surface area contributed by atoms with Gasteiger partial charge in [-0.1, -0.05) is 6.07 Å². The second-order valence-electron chi connectivity index (χ2n) is 4.53. The van der Waals surface area contributed by atoms with Crippen molar-refractivity contribution < 1.29 is 9.53 Å². The average Bonchev–Trinajstić information content (AvgIpc) is 2.67. The minimum Gasteiger partial charge on any atom is -0.495 e. The Morgan fingerprint density at radius 3 is 2.65 bits per heavy atom. The number of ether oxygens (including phenoxy) is 1. The fourth-order valence-corrected chi connectivity index (χ4v) is 2.34. The van der Waals surface area contributed by atoms with E-state index in [-0.39, 0.29) is 5.91 Å². The molecular formula is C14H16BrN3O2. The van der Waals surface area contributed by atoms with Gasteiger partial charge in [0.1, 0.15) is 5.75 Å². The summed E-state index contributed by atoms with van der Waals surface area (Å²) >= 11 is 3.39. The van der Waals surface area contributed by atoms with Crippen molar-refractivity contribution >= 4 is 27.5 Å². The molecular weight excluding hydrogens is 322 g/mol. The Morgan fingerprint density at radius 2 is 2.10 bits per heavy atom. The van der Waals surface area contributed by atoms with Crippen LogP contribution in [-0.4, -0.2) is 22.8 Å². The molecule has 6 heteroatoms. The van der Waals surface area contributed by atoms with Crippen LogP contribution in [-0.2, 0) is 7.05 Å². The molecule has 5 nitrogen and oxygen atoms in total. The van der Waals surface area contributed by atoms with Crippen LogP contribution in [0.4, 0.5) is 5.69 Å². The minimum atomic E-state index is -0.274. The topological polar surface area (TPSA) is 56.1 Å². The molecule has 0 saturated heterocycles. The molecule has 1 aromatic heterocycles. The van der Waals surface area contributed by atoms with E-state index in [4.69, 9.17) is 4.74 Å². The maximum atomic E-state index is 12.3. The maximum Gasteiger partial charge on any atom is 0.277 e. The molecule has 1 heterocycles. The van der Waals surface area contributed by atoms with Crippen LogP contribution in [0.2, 0.25) is 0 Å². The first kappa shape index (κ1) is 14.6. The highest BCUT2D eigenvalue weighted by Gasteiger charge is 2.19. The standard InChI is InChI=1S/C14H16BrN3O2/c1-8-5-6-11(20-4)10(7-8)16-14(19)13-12(15)9(2)18(3)17-13/h5-7H,1-4H3,(H,16,19). The predicted octanol–water partition coefficient (Wildman–Crippen LogP) is 3.06. The Bertz CT molecular complexity index is 665. The van der Waals surface area contributed by atoms with Gasteiger partial charge in [-0.25, -0.2) is 0 Å². The van der Waals surface area contributed by atoms with Crippen LogP contribution >= 0.6 is 15.9 Å². The Kier molecular flexibility index (Phi) is 4.13. The molecule has 1 amide bonds. The molecule has 20 heavy (non-hydrogen) atoms. The van der Waals surface area contributed by atoms with Gasteiger partial charge in [0, 0.05) is 7.05 Å². The number of hydrogen-bond acceptors (Lipinski definition) is 3. The Morgan fingerprint density at radius 1 is 1.40 bits per heavy atom. The lowest BCUT2D eigenvalue weighted by molar-refractivity contribution is 0.102. The normalized spacial score (nSPS) is 10.4. The van der Waals surface area contributed by atoms with Gasteiger partial charge in [-0.15, -0.1) is 0 Å². The van der Waals surface area contributed by atoms with E-state index in [0.717, 1.165) is 11.3 Å². The monoisotopic (exact) mass is 337 g/mol. The van der Waals surface area contributed by atoms with Gasteiger partial charge in [0.2, 0.25) is 0 Å². The summed E-state index contributed by atoms with van der Waals surface area (Å²) in [5, 5.41) is 7.03. The van der Waals surface area contributed by atoms with E-state index in [1.54, 1.807) is 18.8 Å². The molecule has 0 aliphatic rings. The Balaban J connectivity index is 2.32. The highest BCUT2D eigenvalue weighted by Crippen LogP contribution is 2.27. The van der Waals surface area contributed by atoms with E-state index in [0.29, 0.717) is 21.6 Å². The summed E-state index contributed by atoms with van der Waals surface area (Å²) in [6, 6.07) is 5.61. The first-order valence-corrected chi connectivity index (χ1v) is 6.88. The summed E-state index contributed by atoms with van der Waals surface area (Å²) in [4.78, 5) is 12.3. The number of rotatable bonds is 3. The van der Waals surface area contributed by atoms with Gasteiger partial charge in [-0.2, -0.15) is 5.10 Å². The summed E-state index contributed by atoms with van der Waals surface area (Å²) < 4.78 is 7.60. The zero-order chi connectivity index (χ0) is 14.9. The lowest BCUT2D eigenvalue weighted by Gasteiger charge is -2.10. The number of aromatic nitrogens is 2. The number of nitrogens with one attached hydrogen (secondary N) is 1. The molecule has 0 aliphatic heterocycles.